The Morgan fingerprint density at radius 3 is 2.39 bits per heavy atom. The first kappa shape index (κ1) is 32.7. The molecule has 264 valence electrons. The molecule has 14 nitrogen and oxygen atoms in total. The molecule has 0 bridgehead atoms. The van der Waals surface area contributed by atoms with E-state index in [1.54, 1.807) is 29.3 Å². The fraction of sp³-hybridized carbons (Fsp3) is 0.378. The number of hydrogen-bond donors (Lipinski definition) is 1. The van der Waals surface area contributed by atoms with E-state index < -0.39 is 5.54 Å². The highest BCUT2D eigenvalue weighted by Crippen LogP contribution is 2.34. The predicted molar refractivity (Wildman–Crippen MR) is 195 cm³/mol. The van der Waals surface area contributed by atoms with Crippen LogP contribution in [0.4, 0.5) is 11.6 Å². The Kier molecular flexibility index (Phi) is 8.78. The molecule has 2 fully saturated rings. The Morgan fingerprint density at radius 2 is 1.67 bits per heavy atom. The van der Waals surface area contributed by atoms with Crippen molar-refractivity contribution in [2.45, 2.75) is 18.9 Å². The normalized spacial score (nSPS) is 17.3. The molecule has 2 aliphatic heterocycles. The summed E-state index contributed by atoms with van der Waals surface area (Å²) in [6.07, 6.45) is 4.25. The van der Waals surface area contributed by atoms with Crippen LogP contribution in [0.15, 0.2) is 83.6 Å². The number of hydrogen-bond acceptors (Lipinski definition) is 11. The lowest BCUT2D eigenvalue weighted by Crippen LogP contribution is -2.56. The van der Waals surface area contributed by atoms with Gasteiger partial charge in [0, 0.05) is 64.6 Å². The molecular formula is C37H43N11O3. The topological polar surface area (TPSA) is 139 Å². The number of ether oxygens (including phenoxy) is 1. The van der Waals surface area contributed by atoms with Crippen molar-refractivity contribution < 1.29 is 13.9 Å². The Labute approximate surface area is 296 Å². The van der Waals surface area contributed by atoms with Gasteiger partial charge in [-0.2, -0.15) is 14.6 Å². The van der Waals surface area contributed by atoms with Gasteiger partial charge in [-0.1, -0.05) is 30.3 Å². The monoisotopic (exact) mass is 689 g/mol. The number of rotatable bonds is 10. The molecule has 4 aromatic heterocycles. The maximum atomic E-state index is 14.7. The molecular weight excluding hydrogens is 646 g/mol. The van der Waals surface area contributed by atoms with Gasteiger partial charge < -0.3 is 34.5 Å². The van der Waals surface area contributed by atoms with Crippen molar-refractivity contribution >= 4 is 34.2 Å². The number of piperazine rings is 2. The smallest absolute Gasteiger partial charge is 0.255 e. The van der Waals surface area contributed by atoms with Crippen molar-refractivity contribution in [1.29, 1.82) is 0 Å². The van der Waals surface area contributed by atoms with Gasteiger partial charge in [-0.15, -0.1) is 5.10 Å². The summed E-state index contributed by atoms with van der Waals surface area (Å²) in [5, 5.41) is 9.90. The minimum absolute atomic E-state index is 0.0725. The van der Waals surface area contributed by atoms with E-state index >= 15 is 0 Å². The minimum atomic E-state index is -1.21. The SMILES string of the molecule is CN1CCN(CCCOc2ccc(N3CCN(C(=O)[C@@](C)(c4ccccc4)n4ncc5c4nc(N)n4nc(-c6ccco6)nc54)CC3)cc2)CC1. The Balaban J connectivity index is 0.972. The van der Waals surface area contributed by atoms with Crippen LogP contribution in [0.25, 0.3) is 28.3 Å². The third-order valence-electron chi connectivity index (χ3n) is 10.2. The van der Waals surface area contributed by atoms with Crippen molar-refractivity contribution in [3.63, 3.8) is 0 Å². The van der Waals surface area contributed by atoms with Gasteiger partial charge in [-0.3, -0.25) is 4.79 Å². The van der Waals surface area contributed by atoms with Gasteiger partial charge in [-0.05, 0) is 62.4 Å². The molecule has 2 saturated heterocycles. The molecule has 6 heterocycles. The number of amides is 1. The van der Waals surface area contributed by atoms with E-state index in [2.05, 4.69) is 39.0 Å². The lowest BCUT2D eigenvalue weighted by molar-refractivity contribution is -0.138. The van der Waals surface area contributed by atoms with Crippen LogP contribution in [0.3, 0.4) is 0 Å². The summed E-state index contributed by atoms with van der Waals surface area (Å²) in [5.74, 6) is 1.83. The van der Waals surface area contributed by atoms with Crippen LogP contribution in [0.2, 0.25) is 0 Å². The van der Waals surface area contributed by atoms with Gasteiger partial charge in [0.15, 0.2) is 22.6 Å². The predicted octanol–water partition coefficient (Wildman–Crippen LogP) is 3.44. The summed E-state index contributed by atoms with van der Waals surface area (Å²) in [4.78, 5) is 33.2. The number of nitrogens with two attached hydrogens (primary N) is 1. The van der Waals surface area contributed by atoms with Crippen molar-refractivity contribution in [3.05, 3.63) is 84.8 Å². The molecule has 51 heavy (non-hydrogen) atoms. The summed E-state index contributed by atoms with van der Waals surface area (Å²) in [7, 11) is 2.18. The second kappa shape index (κ2) is 13.7. The van der Waals surface area contributed by atoms with Crippen molar-refractivity contribution in [1.82, 2.24) is 44.1 Å². The number of likely N-dealkylation sites (N-methyl/N-ethyl adjacent to an activating group) is 1. The number of carbonyl (C=O) groups excluding carboxylic acids is 1. The summed E-state index contributed by atoms with van der Waals surface area (Å²) in [6.45, 7) is 10.7. The number of fused-ring (bicyclic) bond motifs is 3. The third-order valence-corrected chi connectivity index (χ3v) is 10.2. The number of aromatic nitrogens is 6. The maximum Gasteiger partial charge on any atom is 0.255 e. The van der Waals surface area contributed by atoms with E-state index in [1.807, 2.05) is 54.3 Å². The van der Waals surface area contributed by atoms with Crippen LogP contribution in [-0.2, 0) is 10.3 Å². The molecule has 8 rings (SSSR count). The van der Waals surface area contributed by atoms with Crippen LogP contribution in [0.1, 0.15) is 18.9 Å². The zero-order valence-corrected chi connectivity index (χ0v) is 29.1. The van der Waals surface area contributed by atoms with Crippen LogP contribution in [0.5, 0.6) is 5.75 Å². The zero-order chi connectivity index (χ0) is 35.0. The number of nitrogen functional groups attached to an aromatic ring is 1. The van der Waals surface area contributed by atoms with Crippen molar-refractivity contribution in [2.24, 2.45) is 0 Å². The van der Waals surface area contributed by atoms with Crippen LogP contribution < -0.4 is 15.4 Å². The molecule has 0 radical (unpaired) electrons. The Hall–Kier alpha value is -5.47. The Morgan fingerprint density at radius 1 is 0.902 bits per heavy atom. The van der Waals surface area contributed by atoms with Crippen LogP contribution in [0, 0.1) is 0 Å². The minimum Gasteiger partial charge on any atom is -0.494 e. The molecule has 14 heteroatoms. The maximum absolute atomic E-state index is 14.7. The van der Waals surface area contributed by atoms with Gasteiger partial charge in [-0.25, -0.2) is 9.67 Å². The molecule has 0 aliphatic carbocycles. The van der Waals surface area contributed by atoms with E-state index in [1.165, 1.54) is 4.52 Å². The summed E-state index contributed by atoms with van der Waals surface area (Å²) in [5.41, 5.74) is 8.04. The van der Waals surface area contributed by atoms with Gasteiger partial charge >= 0.3 is 0 Å². The summed E-state index contributed by atoms with van der Waals surface area (Å²) < 4.78 is 14.7. The molecule has 2 aromatic carbocycles. The number of benzene rings is 2. The molecule has 1 atom stereocenters. The average Bonchev–Trinajstić information content (AvgIpc) is 3.95. The molecule has 6 aromatic rings. The number of furan rings is 1. The van der Waals surface area contributed by atoms with E-state index in [9.17, 15) is 4.79 Å². The first-order chi connectivity index (χ1) is 24.9. The number of carbonyl (C=O) groups is 1. The van der Waals surface area contributed by atoms with Gasteiger partial charge in [0.05, 0.1) is 24.5 Å². The van der Waals surface area contributed by atoms with E-state index in [4.69, 9.17) is 30.0 Å². The second-order valence-corrected chi connectivity index (χ2v) is 13.5. The van der Waals surface area contributed by atoms with Gasteiger partial charge in [0.2, 0.25) is 11.8 Å². The standard InChI is InChI=1S/C37H43N11O3/c1-37(27-8-4-3-5-9-27,48-34-30(26-39-48)33-40-32(31-10-6-24-51-31)42-47(33)36(38)41-34)35(49)46-22-20-45(21-23-46)28-11-13-29(14-12-28)50-25-7-15-44-18-16-43(2)17-19-44/h3-6,8-14,24,26H,7,15-23,25H2,1-2H3,(H2,38,41)/t37-/m1/s1. The first-order valence-electron chi connectivity index (χ1n) is 17.6. The highest BCUT2D eigenvalue weighted by Gasteiger charge is 2.43. The highest BCUT2D eigenvalue weighted by atomic mass is 16.5. The molecule has 1 amide bonds. The van der Waals surface area contributed by atoms with E-state index in [0.717, 1.165) is 56.1 Å². The third kappa shape index (κ3) is 6.25. The highest BCUT2D eigenvalue weighted by molar-refractivity contribution is 5.94. The largest absolute Gasteiger partial charge is 0.494 e. The molecule has 2 aliphatic rings. The van der Waals surface area contributed by atoms with E-state index in [0.29, 0.717) is 61.1 Å². The number of anilines is 2. The summed E-state index contributed by atoms with van der Waals surface area (Å²) >= 11 is 0. The quantitative estimate of drug-likeness (QED) is 0.212. The Bertz CT molecular complexity index is 2100. The fourth-order valence-corrected chi connectivity index (χ4v) is 7.12. The molecule has 0 spiro atoms. The second-order valence-electron chi connectivity index (χ2n) is 13.5. The molecule has 0 saturated carbocycles. The summed E-state index contributed by atoms with van der Waals surface area (Å²) in [6, 6.07) is 21.6. The van der Waals surface area contributed by atoms with Gasteiger partial charge in [0.25, 0.3) is 5.91 Å². The van der Waals surface area contributed by atoms with Gasteiger partial charge in [0.1, 0.15) is 5.75 Å². The first-order valence-corrected chi connectivity index (χ1v) is 17.6. The average molecular weight is 690 g/mol. The fourth-order valence-electron chi connectivity index (χ4n) is 7.12. The van der Waals surface area contributed by atoms with Crippen LogP contribution >= 0.6 is 0 Å². The van der Waals surface area contributed by atoms with E-state index in [-0.39, 0.29) is 11.9 Å². The van der Waals surface area contributed by atoms with Crippen molar-refractivity contribution in [3.8, 4) is 17.3 Å². The zero-order valence-electron chi connectivity index (χ0n) is 29.1. The van der Waals surface area contributed by atoms with Crippen LogP contribution in [-0.4, -0.2) is 123 Å². The molecule has 2 N–H and O–H groups in total. The lowest BCUT2D eigenvalue weighted by Gasteiger charge is -2.40. The molecule has 0 unspecified atom stereocenters. The number of nitrogens with zero attached hydrogens (tertiary/aromatic N) is 10. The lowest BCUT2D eigenvalue weighted by atomic mass is 9.90. The van der Waals surface area contributed by atoms with Crippen molar-refractivity contribution in [2.75, 3.05) is 83.2 Å².